The molecule has 1 atom stereocenters. The molecule has 0 saturated heterocycles. The van der Waals surface area contributed by atoms with Gasteiger partial charge >= 0.3 is 0 Å². The van der Waals surface area contributed by atoms with Crippen molar-refractivity contribution in [1.82, 2.24) is 9.97 Å². The molecule has 1 aliphatic rings. The van der Waals surface area contributed by atoms with Crippen molar-refractivity contribution in [3.8, 4) is 0 Å². The average molecular weight is 527 g/mol. The number of aliphatic hydroxyl groups excluding tert-OH is 1. The minimum Gasteiger partial charge on any atom is -0.387 e. The van der Waals surface area contributed by atoms with Crippen LogP contribution >= 0.6 is 39.0 Å². The first-order chi connectivity index (χ1) is 15.7. The van der Waals surface area contributed by atoms with E-state index in [4.69, 9.17) is 9.97 Å². The Balaban J connectivity index is 1.43. The summed E-state index contributed by atoms with van der Waals surface area (Å²) in [7, 11) is 0. The molecule has 0 aliphatic heterocycles. The van der Waals surface area contributed by atoms with E-state index >= 15 is 0 Å². The fourth-order valence-electron chi connectivity index (χ4n) is 4.06. The van der Waals surface area contributed by atoms with Crippen molar-refractivity contribution in [3.05, 3.63) is 80.9 Å². The lowest BCUT2D eigenvalue weighted by Crippen LogP contribution is -2.14. The van der Waals surface area contributed by atoms with Gasteiger partial charge in [-0.15, -0.1) is 23.1 Å². The molecule has 0 bridgehead atoms. The predicted octanol–water partition coefficient (Wildman–Crippen LogP) is 6.77. The Morgan fingerprint density at radius 3 is 2.62 bits per heavy atom. The largest absolute Gasteiger partial charge is 0.387 e. The van der Waals surface area contributed by atoms with Crippen molar-refractivity contribution in [3.63, 3.8) is 0 Å². The topological polar surface area (TPSA) is 58.0 Å². The van der Waals surface area contributed by atoms with Crippen LogP contribution in [-0.2, 0) is 18.6 Å². The van der Waals surface area contributed by atoms with Gasteiger partial charge in [0.25, 0.3) is 0 Å². The average Bonchev–Trinajstić information content (AvgIpc) is 3.21. The van der Waals surface area contributed by atoms with Gasteiger partial charge in [0, 0.05) is 20.8 Å². The molecule has 0 unspecified atom stereocenters. The van der Waals surface area contributed by atoms with Gasteiger partial charge in [0.05, 0.1) is 17.2 Å². The number of aliphatic hydroxyl groups is 1. The second-order valence-corrected chi connectivity index (χ2v) is 11.0. The lowest BCUT2D eigenvalue weighted by Gasteiger charge is -2.16. The van der Waals surface area contributed by atoms with E-state index < -0.39 is 6.10 Å². The standard InChI is InChI=1S/C25H24BrN3OS2/c26-17-10-12-18(13-11-17)31-15-22-28-24(27-14-20(30)16-6-2-1-3-7-16)23-19-8-4-5-9-21(19)32-25(23)29-22/h1-3,6-7,10-13,20,30H,4-5,8-9,14-15H2,(H,27,28,29)/t20-/m1/s1. The Morgan fingerprint density at radius 2 is 1.81 bits per heavy atom. The number of fused-ring (bicyclic) bond motifs is 3. The second kappa shape index (κ2) is 9.91. The molecule has 32 heavy (non-hydrogen) atoms. The summed E-state index contributed by atoms with van der Waals surface area (Å²) in [6.07, 6.45) is 4.09. The maximum absolute atomic E-state index is 10.7. The first-order valence-corrected chi connectivity index (χ1v) is 13.4. The zero-order valence-electron chi connectivity index (χ0n) is 17.6. The van der Waals surface area contributed by atoms with Crippen molar-refractivity contribution in [2.24, 2.45) is 0 Å². The third-order valence-corrected chi connectivity index (χ3v) is 8.41. The van der Waals surface area contributed by atoms with Gasteiger partial charge in [-0.05, 0) is 61.1 Å². The molecule has 0 spiro atoms. The van der Waals surface area contributed by atoms with E-state index in [1.807, 2.05) is 41.7 Å². The molecular formula is C25H24BrN3OS2. The highest BCUT2D eigenvalue weighted by molar-refractivity contribution is 9.10. The number of aromatic nitrogens is 2. The zero-order valence-corrected chi connectivity index (χ0v) is 20.8. The van der Waals surface area contributed by atoms with Crippen LogP contribution in [0.1, 0.15) is 40.8 Å². The number of anilines is 1. The van der Waals surface area contributed by atoms with Crippen LogP contribution in [0.4, 0.5) is 5.82 Å². The summed E-state index contributed by atoms with van der Waals surface area (Å²) in [5.41, 5.74) is 2.31. The molecule has 4 aromatic rings. The van der Waals surface area contributed by atoms with Gasteiger partial charge in [-0.1, -0.05) is 46.3 Å². The van der Waals surface area contributed by atoms with Crippen molar-refractivity contribution >= 4 is 55.1 Å². The number of halogens is 1. The number of rotatable bonds is 7. The Kier molecular flexibility index (Phi) is 6.78. The van der Waals surface area contributed by atoms with Gasteiger partial charge in [-0.2, -0.15) is 0 Å². The lowest BCUT2D eigenvalue weighted by atomic mass is 9.97. The first kappa shape index (κ1) is 21.9. The number of aryl methyl sites for hydroxylation is 2. The van der Waals surface area contributed by atoms with E-state index in [0.29, 0.717) is 12.3 Å². The van der Waals surface area contributed by atoms with Crippen LogP contribution in [0, 0.1) is 0 Å². The molecule has 2 heterocycles. The number of hydrogen-bond acceptors (Lipinski definition) is 6. The number of hydrogen-bond donors (Lipinski definition) is 2. The zero-order chi connectivity index (χ0) is 21.9. The van der Waals surface area contributed by atoms with Gasteiger partial charge in [0.15, 0.2) is 0 Å². The molecule has 1 aliphatic carbocycles. The highest BCUT2D eigenvalue weighted by Gasteiger charge is 2.21. The molecular weight excluding hydrogens is 502 g/mol. The van der Waals surface area contributed by atoms with Gasteiger partial charge in [-0.3, -0.25) is 0 Å². The SMILES string of the molecule is O[C@H](CNc1nc(CSc2ccc(Br)cc2)nc2sc3c(c12)CCCC3)c1ccccc1. The fraction of sp³-hybridized carbons (Fsp3) is 0.280. The first-order valence-electron chi connectivity index (χ1n) is 10.8. The van der Waals surface area contributed by atoms with Gasteiger partial charge < -0.3 is 10.4 Å². The minimum absolute atomic E-state index is 0.417. The summed E-state index contributed by atoms with van der Waals surface area (Å²) in [5.74, 6) is 2.38. The maximum Gasteiger partial charge on any atom is 0.142 e. The Bertz CT molecular complexity index is 1210. The molecule has 2 aromatic carbocycles. The normalized spacial score (nSPS) is 14.3. The van der Waals surface area contributed by atoms with Crippen LogP contribution < -0.4 is 5.32 Å². The highest BCUT2D eigenvalue weighted by atomic mass is 79.9. The third kappa shape index (κ3) is 4.86. The minimum atomic E-state index is -0.587. The molecule has 2 aromatic heterocycles. The van der Waals surface area contributed by atoms with Gasteiger partial charge in [-0.25, -0.2) is 9.97 Å². The third-order valence-electron chi connectivity index (χ3n) is 5.69. The summed E-state index contributed by atoms with van der Waals surface area (Å²) in [6, 6.07) is 18.1. The van der Waals surface area contributed by atoms with Crippen molar-refractivity contribution < 1.29 is 5.11 Å². The highest BCUT2D eigenvalue weighted by Crippen LogP contribution is 2.39. The van der Waals surface area contributed by atoms with Gasteiger partial charge in [0.2, 0.25) is 0 Å². The van der Waals surface area contributed by atoms with Crippen LogP contribution in [-0.4, -0.2) is 21.6 Å². The second-order valence-electron chi connectivity index (χ2n) is 7.93. The number of nitrogens with zero attached hydrogens (tertiary/aromatic N) is 2. The molecule has 5 rings (SSSR count). The summed E-state index contributed by atoms with van der Waals surface area (Å²) >= 11 is 7.04. The molecule has 2 N–H and O–H groups in total. The fourth-order valence-corrected chi connectivity index (χ4v) is 6.36. The van der Waals surface area contributed by atoms with Crippen LogP contribution in [0.5, 0.6) is 0 Å². The van der Waals surface area contributed by atoms with Crippen LogP contribution in [0.3, 0.4) is 0 Å². The number of thioether (sulfide) groups is 1. The van der Waals surface area contributed by atoms with E-state index in [1.165, 1.54) is 28.2 Å². The van der Waals surface area contributed by atoms with E-state index in [0.717, 1.165) is 44.7 Å². The predicted molar refractivity (Wildman–Crippen MR) is 138 cm³/mol. The smallest absolute Gasteiger partial charge is 0.142 e. The quantitative estimate of drug-likeness (QED) is 0.260. The summed E-state index contributed by atoms with van der Waals surface area (Å²) in [6.45, 7) is 0.417. The van der Waals surface area contributed by atoms with Crippen LogP contribution in [0.25, 0.3) is 10.2 Å². The van der Waals surface area contributed by atoms with Crippen LogP contribution in [0.15, 0.2) is 64.0 Å². The molecule has 4 nitrogen and oxygen atoms in total. The van der Waals surface area contributed by atoms with Crippen molar-refractivity contribution in [2.45, 2.75) is 42.4 Å². The Morgan fingerprint density at radius 1 is 1.03 bits per heavy atom. The monoisotopic (exact) mass is 525 g/mol. The summed E-state index contributed by atoms with van der Waals surface area (Å²) in [4.78, 5) is 13.6. The van der Waals surface area contributed by atoms with Crippen molar-refractivity contribution in [2.75, 3.05) is 11.9 Å². The van der Waals surface area contributed by atoms with E-state index in [2.05, 4.69) is 45.5 Å². The number of benzene rings is 2. The van der Waals surface area contributed by atoms with E-state index in [1.54, 1.807) is 11.8 Å². The maximum atomic E-state index is 10.7. The Labute approximate surface area is 204 Å². The molecule has 0 amide bonds. The number of nitrogens with one attached hydrogen (secondary N) is 1. The lowest BCUT2D eigenvalue weighted by molar-refractivity contribution is 0.191. The molecule has 164 valence electrons. The van der Waals surface area contributed by atoms with Crippen LogP contribution in [0.2, 0.25) is 0 Å². The molecule has 0 fully saturated rings. The molecule has 0 saturated carbocycles. The van der Waals surface area contributed by atoms with Crippen molar-refractivity contribution in [1.29, 1.82) is 0 Å². The molecule has 7 heteroatoms. The Hall–Kier alpha value is -1.93. The van der Waals surface area contributed by atoms with Gasteiger partial charge in [0.1, 0.15) is 16.5 Å². The number of thiophene rings is 1. The van der Waals surface area contributed by atoms with E-state index in [-0.39, 0.29) is 0 Å². The molecule has 0 radical (unpaired) electrons. The summed E-state index contributed by atoms with van der Waals surface area (Å²) in [5, 5.41) is 15.3. The van der Waals surface area contributed by atoms with E-state index in [9.17, 15) is 5.11 Å². The summed E-state index contributed by atoms with van der Waals surface area (Å²) < 4.78 is 1.08.